The number of hydrogen-bond acceptors (Lipinski definition) is 3. The molecule has 5 nitrogen and oxygen atoms in total. The van der Waals surface area contributed by atoms with Crippen LogP contribution in [0.1, 0.15) is 39.0 Å². The Labute approximate surface area is 96.1 Å². The summed E-state index contributed by atoms with van der Waals surface area (Å²) in [4.78, 5) is 22.1. The number of nitrogens with two attached hydrogens (primary N) is 1. The number of nitrogens with one attached hydrogen (secondary N) is 2. The van der Waals surface area contributed by atoms with E-state index < -0.39 is 0 Å². The molecule has 0 heterocycles. The van der Waals surface area contributed by atoms with Crippen LogP contribution in [-0.2, 0) is 9.59 Å². The topological polar surface area (TPSA) is 84.2 Å². The van der Waals surface area contributed by atoms with E-state index in [1.807, 2.05) is 6.92 Å². The Hall–Kier alpha value is -1.10. The molecule has 1 atom stereocenters. The predicted molar refractivity (Wildman–Crippen MR) is 61.7 cm³/mol. The Bertz CT molecular complexity index is 250. The fraction of sp³-hybridized carbons (Fsp3) is 0.818. The van der Waals surface area contributed by atoms with Crippen molar-refractivity contribution >= 4 is 11.8 Å². The first-order valence-corrected chi connectivity index (χ1v) is 5.89. The van der Waals surface area contributed by atoms with Crippen LogP contribution in [-0.4, -0.2) is 30.4 Å². The van der Waals surface area contributed by atoms with Gasteiger partial charge in [0.15, 0.2) is 0 Å². The van der Waals surface area contributed by atoms with Gasteiger partial charge in [0.1, 0.15) is 0 Å². The summed E-state index contributed by atoms with van der Waals surface area (Å²) < 4.78 is 0. The van der Waals surface area contributed by atoms with Gasteiger partial charge in [0.2, 0.25) is 11.8 Å². The minimum Gasteiger partial charge on any atom is -0.370 e. The molecule has 5 heteroatoms. The highest BCUT2D eigenvalue weighted by Crippen LogP contribution is 2.17. The van der Waals surface area contributed by atoms with Crippen molar-refractivity contribution in [2.45, 2.75) is 51.1 Å². The molecule has 1 rings (SSSR count). The maximum absolute atomic E-state index is 11.5. The molecule has 16 heavy (non-hydrogen) atoms. The van der Waals surface area contributed by atoms with Crippen LogP contribution >= 0.6 is 0 Å². The third-order valence-corrected chi connectivity index (χ3v) is 2.84. The van der Waals surface area contributed by atoms with Crippen LogP contribution in [0, 0.1) is 0 Å². The van der Waals surface area contributed by atoms with Gasteiger partial charge in [0, 0.05) is 18.5 Å². The number of carbonyl (C=O) groups is 2. The van der Waals surface area contributed by atoms with E-state index in [1.54, 1.807) is 0 Å². The van der Waals surface area contributed by atoms with Crippen molar-refractivity contribution < 1.29 is 9.59 Å². The van der Waals surface area contributed by atoms with E-state index in [1.165, 1.54) is 12.8 Å². The van der Waals surface area contributed by atoms with Crippen molar-refractivity contribution in [2.75, 3.05) is 6.54 Å². The minimum absolute atomic E-state index is 0.00298. The summed E-state index contributed by atoms with van der Waals surface area (Å²) in [5, 5.41) is 5.94. The maximum Gasteiger partial charge on any atom is 0.234 e. The summed E-state index contributed by atoms with van der Waals surface area (Å²) in [6, 6.07) is 0.299. The predicted octanol–water partition coefficient (Wildman–Crippen LogP) is -0.101. The zero-order chi connectivity index (χ0) is 12.0. The van der Waals surface area contributed by atoms with E-state index in [4.69, 9.17) is 5.73 Å². The standard InChI is InChI=1S/C11H21N3O2/c1-8(6-10(12)15)13-7-11(16)14-9-4-2-3-5-9/h8-9,13H,2-7H2,1H3,(H2,12,15)(H,14,16). The average molecular weight is 227 g/mol. The second-order valence-corrected chi connectivity index (χ2v) is 4.50. The lowest BCUT2D eigenvalue weighted by Gasteiger charge is -2.14. The third-order valence-electron chi connectivity index (χ3n) is 2.84. The largest absolute Gasteiger partial charge is 0.370 e. The van der Waals surface area contributed by atoms with Gasteiger partial charge in [0.25, 0.3) is 0 Å². The molecule has 2 amide bonds. The fourth-order valence-corrected chi connectivity index (χ4v) is 1.99. The van der Waals surface area contributed by atoms with Crippen molar-refractivity contribution in [3.05, 3.63) is 0 Å². The van der Waals surface area contributed by atoms with Gasteiger partial charge in [0.05, 0.1) is 6.54 Å². The van der Waals surface area contributed by atoms with Crippen LogP contribution in [0.5, 0.6) is 0 Å². The van der Waals surface area contributed by atoms with Gasteiger partial charge in [-0.1, -0.05) is 12.8 Å². The van der Waals surface area contributed by atoms with Crippen molar-refractivity contribution in [1.29, 1.82) is 0 Å². The Morgan fingerprint density at radius 2 is 2.00 bits per heavy atom. The number of rotatable bonds is 6. The molecule has 0 aliphatic heterocycles. The van der Waals surface area contributed by atoms with E-state index in [9.17, 15) is 9.59 Å². The Kier molecular flexibility index (Phi) is 5.25. The van der Waals surface area contributed by atoms with Crippen LogP contribution in [0.2, 0.25) is 0 Å². The molecule has 0 bridgehead atoms. The number of carbonyl (C=O) groups excluding carboxylic acids is 2. The molecule has 1 aliphatic carbocycles. The maximum atomic E-state index is 11.5. The zero-order valence-electron chi connectivity index (χ0n) is 9.79. The van der Waals surface area contributed by atoms with Gasteiger partial charge in [-0.2, -0.15) is 0 Å². The Balaban J connectivity index is 2.11. The van der Waals surface area contributed by atoms with E-state index in [2.05, 4.69) is 10.6 Å². The van der Waals surface area contributed by atoms with Gasteiger partial charge in [-0.05, 0) is 19.8 Å². The first-order chi connectivity index (χ1) is 7.58. The molecular formula is C11H21N3O2. The monoisotopic (exact) mass is 227 g/mol. The lowest BCUT2D eigenvalue weighted by Crippen LogP contribution is -2.42. The van der Waals surface area contributed by atoms with Gasteiger partial charge in [-0.15, -0.1) is 0 Å². The van der Waals surface area contributed by atoms with E-state index in [0.29, 0.717) is 6.04 Å². The van der Waals surface area contributed by atoms with Crippen LogP contribution in [0.3, 0.4) is 0 Å². The molecule has 0 radical (unpaired) electrons. The molecule has 0 aromatic rings. The SMILES string of the molecule is CC(CC(N)=O)NCC(=O)NC1CCCC1. The third kappa shape index (κ3) is 5.11. The van der Waals surface area contributed by atoms with Crippen molar-refractivity contribution in [3.63, 3.8) is 0 Å². The molecule has 0 saturated heterocycles. The molecule has 92 valence electrons. The normalized spacial score (nSPS) is 18.3. The van der Waals surface area contributed by atoms with E-state index in [0.717, 1.165) is 12.8 Å². The lowest BCUT2D eigenvalue weighted by molar-refractivity contribution is -0.122. The van der Waals surface area contributed by atoms with Gasteiger partial charge in [-0.3, -0.25) is 9.59 Å². The average Bonchev–Trinajstić information content (AvgIpc) is 2.66. The smallest absolute Gasteiger partial charge is 0.234 e. The highest BCUT2D eigenvalue weighted by Gasteiger charge is 2.17. The number of amides is 2. The minimum atomic E-state index is -0.351. The van der Waals surface area contributed by atoms with Crippen LogP contribution in [0.4, 0.5) is 0 Å². The van der Waals surface area contributed by atoms with Crippen molar-refractivity contribution in [2.24, 2.45) is 5.73 Å². The summed E-state index contributed by atoms with van der Waals surface area (Å²) in [7, 11) is 0. The summed E-state index contributed by atoms with van der Waals surface area (Å²) in [5.74, 6) is -0.348. The first-order valence-electron chi connectivity index (χ1n) is 5.89. The van der Waals surface area contributed by atoms with Crippen LogP contribution in [0.15, 0.2) is 0 Å². The van der Waals surface area contributed by atoms with Gasteiger partial charge < -0.3 is 16.4 Å². The Morgan fingerprint density at radius 1 is 1.38 bits per heavy atom. The molecule has 4 N–H and O–H groups in total. The second-order valence-electron chi connectivity index (χ2n) is 4.50. The number of hydrogen-bond donors (Lipinski definition) is 3. The molecule has 0 spiro atoms. The molecular weight excluding hydrogens is 206 g/mol. The fourth-order valence-electron chi connectivity index (χ4n) is 1.99. The van der Waals surface area contributed by atoms with Gasteiger partial charge >= 0.3 is 0 Å². The highest BCUT2D eigenvalue weighted by atomic mass is 16.2. The molecule has 1 saturated carbocycles. The molecule has 0 aromatic carbocycles. The summed E-state index contributed by atoms with van der Waals surface area (Å²) in [6.45, 7) is 2.10. The van der Waals surface area contributed by atoms with Crippen LogP contribution in [0.25, 0.3) is 0 Å². The zero-order valence-corrected chi connectivity index (χ0v) is 9.79. The molecule has 1 fully saturated rings. The van der Waals surface area contributed by atoms with Crippen molar-refractivity contribution in [1.82, 2.24) is 10.6 Å². The molecule has 1 aliphatic rings. The van der Waals surface area contributed by atoms with E-state index >= 15 is 0 Å². The van der Waals surface area contributed by atoms with E-state index in [-0.39, 0.29) is 30.8 Å². The van der Waals surface area contributed by atoms with Gasteiger partial charge in [-0.25, -0.2) is 0 Å². The Morgan fingerprint density at radius 3 is 2.56 bits per heavy atom. The summed E-state index contributed by atoms with van der Waals surface area (Å²) >= 11 is 0. The number of primary amides is 1. The highest BCUT2D eigenvalue weighted by molar-refractivity contribution is 5.78. The molecule has 1 unspecified atom stereocenters. The van der Waals surface area contributed by atoms with Crippen LogP contribution < -0.4 is 16.4 Å². The summed E-state index contributed by atoms with van der Waals surface area (Å²) in [6.07, 6.45) is 4.84. The lowest BCUT2D eigenvalue weighted by atomic mass is 10.2. The van der Waals surface area contributed by atoms with Crippen molar-refractivity contribution in [3.8, 4) is 0 Å². The summed E-state index contributed by atoms with van der Waals surface area (Å²) in [5.41, 5.74) is 5.05. The molecule has 0 aromatic heterocycles. The second kappa shape index (κ2) is 6.48. The quantitative estimate of drug-likeness (QED) is 0.592. The first kappa shape index (κ1) is 13.0.